The van der Waals surface area contributed by atoms with E-state index in [-0.39, 0.29) is 30.4 Å². The maximum absolute atomic E-state index is 13.9. The zero-order chi connectivity index (χ0) is 32.9. The molecule has 2 fully saturated rings. The Balaban J connectivity index is 2.02. The summed E-state index contributed by atoms with van der Waals surface area (Å²) in [6.45, 7) is 5.07. The third-order valence-corrected chi connectivity index (χ3v) is 8.33. The predicted molar refractivity (Wildman–Crippen MR) is 170 cm³/mol. The number of rotatable bonds is 12. The highest BCUT2D eigenvalue weighted by molar-refractivity contribution is 5.98. The third-order valence-electron chi connectivity index (χ3n) is 8.33. The SMILES string of the molecule is CC(C)C[C@H]1NC(=O)[C@H](CCCCN)NC(=O)[C@H](CCCCN)NC(=O)[C@@H](Cc2ccc(O)cc2)NC(=O)[C@@H]2CCCN2C1=O. The highest BCUT2D eigenvalue weighted by atomic mass is 16.3. The molecule has 45 heavy (non-hydrogen) atoms. The van der Waals surface area contributed by atoms with Crippen molar-refractivity contribution in [2.75, 3.05) is 19.6 Å². The lowest BCUT2D eigenvalue weighted by atomic mass is 10.0. The molecule has 13 nitrogen and oxygen atoms in total. The van der Waals surface area contributed by atoms with E-state index in [4.69, 9.17) is 11.5 Å². The van der Waals surface area contributed by atoms with Crippen molar-refractivity contribution in [2.45, 2.75) is 108 Å². The number of aromatic hydroxyl groups is 1. The maximum atomic E-state index is 13.9. The van der Waals surface area contributed by atoms with Gasteiger partial charge in [0.15, 0.2) is 0 Å². The molecule has 0 spiro atoms. The molecule has 2 aliphatic rings. The van der Waals surface area contributed by atoms with Crippen LogP contribution < -0.4 is 32.7 Å². The molecule has 0 saturated carbocycles. The van der Waals surface area contributed by atoms with E-state index in [1.165, 1.54) is 17.0 Å². The number of phenolic OH excluding ortho intramolecular Hbond substituents is 1. The number of nitrogens with zero attached hydrogens (tertiary/aromatic N) is 1. The van der Waals surface area contributed by atoms with Gasteiger partial charge in [0.25, 0.3) is 0 Å². The molecule has 3 rings (SSSR count). The molecule has 5 atom stereocenters. The molecule has 1 aromatic rings. The van der Waals surface area contributed by atoms with Crippen LogP contribution in [0.3, 0.4) is 0 Å². The van der Waals surface area contributed by atoms with Crippen molar-refractivity contribution in [2.24, 2.45) is 17.4 Å². The molecule has 5 amide bonds. The minimum Gasteiger partial charge on any atom is -0.508 e. The number of hydrogen-bond acceptors (Lipinski definition) is 8. The first-order valence-electron chi connectivity index (χ1n) is 16.2. The first-order chi connectivity index (χ1) is 21.5. The monoisotopic (exact) mass is 629 g/mol. The quantitative estimate of drug-likeness (QED) is 0.158. The van der Waals surface area contributed by atoms with Gasteiger partial charge in [-0.05, 0) is 94.5 Å². The molecule has 0 aliphatic carbocycles. The normalized spacial score (nSPS) is 25.1. The van der Waals surface area contributed by atoms with E-state index in [1.807, 2.05) is 13.8 Å². The minimum atomic E-state index is -1.07. The van der Waals surface area contributed by atoms with Crippen molar-refractivity contribution in [1.82, 2.24) is 26.2 Å². The maximum Gasteiger partial charge on any atom is 0.245 e. The molecule has 250 valence electrons. The van der Waals surface area contributed by atoms with Crippen LogP contribution in [0.2, 0.25) is 0 Å². The van der Waals surface area contributed by atoms with Gasteiger partial charge in [-0.1, -0.05) is 26.0 Å². The lowest BCUT2D eigenvalue weighted by Crippen LogP contribution is -2.57. The summed E-state index contributed by atoms with van der Waals surface area (Å²) in [5.74, 6) is -2.33. The standard InChI is InChI=1S/C32H51N7O6/c1-20(2)18-26-32(45)39-17-7-10-27(39)31(44)37-25(19-21-11-13-22(40)14-12-21)30(43)36-23(8-3-5-15-33)28(41)35-24(29(42)38-26)9-4-6-16-34/h11-14,20,23-27,40H,3-10,15-19,33-34H2,1-2H3,(H,35,41)(H,36,43)(H,37,44)(H,38,42)/t23-,24-,25+,26+,27-/m0/s1. The Morgan fingerprint density at radius 3 is 1.80 bits per heavy atom. The number of carbonyl (C=O) groups excluding carboxylic acids is 5. The van der Waals surface area contributed by atoms with Crippen LogP contribution in [0.15, 0.2) is 24.3 Å². The highest BCUT2D eigenvalue weighted by Crippen LogP contribution is 2.22. The van der Waals surface area contributed by atoms with Crippen molar-refractivity contribution < 1.29 is 29.1 Å². The van der Waals surface area contributed by atoms with Gasteiger partial charge in [0, 0.05) is 13.0 Å². The fourth-order valence-electron chi connectivity index (χ4n) is 5.88. The van der Waals surface area contributed by atoms with Gasteiger partial charge >= 0.3 is 0 Å². The molecular weight excluding hydrogens is 578 g/mol. The Morgan fingerprint density at radius 1 is 0.756 bits per heavy atom. The zero-order valence-electron chi connectivity index (χ0n) is 26.6. The molecule has 0 aromatic heterocycles. The summed E-state index contributed by atoms with van der Waals surface area (Å²) in [6.07, 6.45) is 4.43. The largest absolute Gasteiger partial charge is 0.508 e. The summed E-state index contributed by atoms with van der Waals surface area (Å²) in [6, 6.07) is 1.57. The Kier molecular flexibility index (Phi) is 14.1. The average Bonchev–Trinajstić information content (AvgIpc) is 3.49. The lowest BCUT2D eigenvalue weighted by Gasteiger charge is -2.31. The van der Waals surface area contributed by atoms with Gasteiger partial charge < -0.3 is 42.7 Å². The Labute approximate surface area is 265 Å². The average molecular weight is 630 g/mol. The Morgan fingerprint density at radius 2 is 1.27 bits per heavy atom. The second kappa shape index (κ2) is 17.7. The zero-order valence-corrected chi connectivity index (χ0v) is 26.6. The summed E-state index contributed by atoms with van der Waals surface area (Å²) in [5, 5.41) is 21.1. The molecule has 1 aromatic carbocycles. The number of fused-ring (bicyclic) bond motifs is 1. The van der Waals surface area contributed by atoms with E-state index >= 15 is 0 Å². The summed E-state index contributed by atoms with van der Waals surface area (Å²) < 4.78 is 0. The van der Waals surface area contributed by atoms with E-state index in [0.29, 0.717) is 76.6 Å². The number of nitrogens with one attached hydrogen (secondary N) is 4. The van der Waals surface area contributed by atoms with E-state index in [2.05, 4.69) is 21.3 Å². The van der Waals surface area contributed by atoms with Gasteiger partial charge in [0.05, 0.1) is 0 Å². The topological polar surface area (TPSA) is 209 Å². The predicted octanol–water partition coefficient (Wildman–Crippen LogP) is 0.183. The summed E-state index contributed by atoms with van der Waals surface area (Å²) in [4.78, 5) is 70.2. The molecule has 13 heteroatoms. The van der Waals surface area contributed by atoms with Crippen LogP contribution in [0.25, 0.3) is 0 Å². The van der Waals surface area contributed by atoms with Gasteiger partial charge in [-0.3, -0.25) is 24.0 Å². The lowest BCUT2D eigenvalue weighted by molar-refractivity contribution is -0.142. The molecule has 0 unspecified atom stereocenters. The highest BCUT2D eigenvalue weighted by Gasteiger charge is 2.40. The van der Waals surface area contributed by atoms with Crippen LogP contribution in [0.1, 0.15) is 77.2 Å². The molecular formula is C32H51N7O6. The van der Waals surface area contributed by atoms with Gasteiger partial charge in [-0.15, -0.1) is 0 Å². The molecule has 2 heterocycles. The summed E-state index contributed by atoms with van der Waals surface area (Å²) in [7, 11) is 0. The Hall–Kier alpha value is -3.71. The Bertz CT molecular complexity index is 1160. The van der Waals surface area contributed by atoms with Crippen molar-refractivity contribution in [3.05, 3.63) is 29.8 Å². The summed E-state index contributed by atoms with van der Waals surface area (Å²) in [5.41, 5.74) is 12.1. The molecule has 2 aliphatic heterocycles. The van der Waals surface area contributed by atoms with Crippen LogP contribution in [0.4, 0.5) is 0 Å². The van der Waals surface area contributed by atoms with Gasteiger partial charge in [0.1, 0.15) is 36.0 Å². The third kappa shape index (κ3) is 10.7. The number of benzene rings is 1. The second-order valence-electron chi connectivity index (χ2n) is 12.5. The van der Waals surface area contributed by atoms with E-state index in [0.717, 1.165) is 0 Å². The van der Waals surface area contributed by atoms with Crippen molar-refractivity contribution in [3.63, 3.8) is 0 Å². The van der Waals surface area contributed by atoms with Crippen LogP contribution in [-0.4, -0.2) is 89.4 Å². The molecule has 2 saturated heterocycles. The van der Waals surface area contributed by atoms with E-state index < -0.39 is 53.8 Å². The fraction of sp³-hybridized carbons (Fsp3) is 0.656. The second-order valence-corrected chi connectivity index (χ2v) is 12.5. The van der Waals surface area contributed by atoms with Crippen molar-refractivity contribution in [3.8, 4) is 5.75 Å². The van der Waals surface area contributed by atoms with Crippen molar-refractivity contribution in [1.29, 1.82) is 0 Å². The molecule has 0 radical (unpaired) electrons. The fourth-order valence-corrected chi connectivity index (χ4v) is 5.88. The smallest absolute Gasteiger partial charge is 0.245 e. The number of nitrogens with two attached hydrogens (primary N) is 2. The molecule has 9 N–H and O–H groups in total. The van der Waals surface area contributed by atoms with Gasteiger partial charge in [-0.25, -0.2) is 0 Å². The van der Waals surface area contributed by atoms with Crippen LogP contribution in [0.5, 0.6) is 5.75 Å². The first-order valence-corrected chi connectivity index (χ1v) is 16.2. The van der Waals surface area contributed by atoms with Crippen LogP contribution >= 0.6 is 0 Å². The minimum absolute atomic E-state index is 0.0601. The first kappa shape index (κ1) is 35.8. The van der Waals surface area contributed by atoms with Gasteiger partial charge in [0.2, 0.25) is 29.5 Å². The number of unbranched alkanes of at least 4 members (excludes halogenated alkanes) is 2. The van der Waals surface area contributed by atoms with E-state index in [9.17, 15) is 29.1 Å². The number of hydrogen-bond donors (Lipinski definition) is 7. The van der Waals surface area contributed by atoms with Crippen molar-refractivity contribution >= 4 is 29.5 Å². The van der Waals surface area contributed by atoms with Gasteiger partial charge in [-0.2, -0.15) is 0 Å². The van der Waals surface area contributed by atoms with Crippen LogP contribution in [-0.2, 0) is 30.4 Å². The molecule has 0 bridgehead atoms. The number of carbonyl (C=O) groups is 5. The summed E-state index contributed by atoms with van der Waals surface area (Å²) >= 11 is 0. The van der Waals surface area contributed by atoms with Crippen LogP contribution in [0, 0.1) is 5.92 Å². The number of phenols is 1. The van der Waals surface area contributed by atoms with E-state index in [1.54, 1.807) is 12.1 Å². The number of amides is 5.